The highest BCUT2D eigenvalue weighted by Gasteiger charge is 2.31. The topological polar surface area (TPSA) is 12.0 Å². The largest absolute Gasteiger partial charge is 0.319 e. The van der Waals surface area contributed by atoms with Gasteiger partial charge in [-0.15, -0.1) is 0 Å². The van der Waals surface area contributed by atoms with Crippen molar-refractivity contribution in [1.82, 2.24) is 5.32 Å². The molecule has 2 aliphatic rings. The molecule has 0 aromatic carbocycles. The van der Waals surface area contributed by atoms with Crippen LogP contribution in [0, 0.1) is 0 Å². The van der Waals surface area contributed by atoms with Crippen LogP contribution in [0.5, 0.6) is 0 Å². The predicted octanol–water partition coefficient (Wildman–Crippen LogP) is 3.57. The average Bonchev–Trinajstić information content (AvgIpc) is 2.90. The fourth-order valence-corrected chi connectivity index (χ4v) is 7.24. The van der Waals surface area contributed by atoms with Crippen molar-refractivity contribution < 1.29 is 0 Å². The lowest BCUT2D eigenvalue weighted by atomic mass is 10.4. The van der Waals surface area contributed by atoms with Crippen molar-refractivity contribution >= 4 is 7.92 Å². The Hall–Kier alpha value is 0.390. The fraction of sp³-hybridized carbons (Fsp3) is 1.00. The van der Waals surface area contributed by atoms with Gasteiger partial charge in [-0.1, -0.05) is 33.6 Å². The molecule has 2 saturated carbocycles. The summed E-state index contributed by atoms with van der Waals surface area (Å²) in [6.07, 6.45) is 13.8. The second kappa shape index (κ2) is 6.21. The van der Waals surface area contributed by atoms with Crippen LogP contribution in [0.15, 0.2) is 0 Å². The third kappa shape index (κ3) is 3.17. The van der Waals surface area contributed by atoms with Crippen molar-refractivity contribution in [2.45, 2.75) is 62.7 Å². The highest BCUT2D eigenvalue weighted by atomic mass is 31.1. The van der Waals surface area contributed by atoms with Gasteiger partial charge in [-0.2, -0.15) is 0 Å². The second-order valence-corrected chi connectivity index (χ2v) is 8.15. The van der Waals surface area contributed by atoms with Gasteiger partial charge in [0.2, 0.25) is 0 Å². The van der Waals surface area contributed by atoms with E-state index >= 15 is 0 Å². The van der Waals surface area contributed by atoms with E-state index in [0.29, 0.717) is 7.92 Å². The monoisotopic (exact) mass is 227 g/mol. The summed E-state index contributed by atoms with van der Waals surface area (Å²) in [5.41, 5.74) is 2.30. The Kier molecular flexibility index (Phi) is 4.91. The SMILES string of the molecule is CNCCP(C1CCCC1)C1CCCC1. The predicted molar refractivity (Wildman–Crippen MR) is 70.2 cm³/mol. The molecule has 88 valence electrons. The maximum absolute atomic E-state index is 3.36. The van der Waals surface area contributed by atoms with Crippen molar-refractivity contribution in [3.8, 4) is 0 Å². The van der Waals surface area contributed by atoms with Crippen LogP contribution in [0.2, 0.25) is 0 Å². The summed E-state index contributed by atoms with van der Waals surface area (Å²) < 4.78 is 0. The van der Waals surface area contributed by atoms with Gasteiger partial charge in [0, 0.05) is 0 Å². The molecule has 0 heterocycles. The summed E-state index contributed by atoms with van der Waals surface area (Å²) in [7, 11) is 2.48. The molecule has 0 aromatic heterocycles. The summed E-state index contributed by atoms with van der Waals surface area (Å²) in [5.74, 6) is 0. The van der Waals surface area contributed by atoms with Gasteiger partial charge in [0.25, 0.3) is 0 Å². The molecule has 0 aliphatic heterocycles. The third-order valence-corrected chi connectivity index (χ3v) is 7.86. The van der Waals surface area contributed by atoms with Crippen molar-refractivity contribution in [3.05, 3.63) is 0 Å². The maximum Gasteiger partial charge on any atom is -0.00123 e. The van der Waals surface area contributed by atoms with Gasteiger partial charge >= 0.3 is 0 Å². The molecule has 0 bridgehead atoms. The minimum Gasteiger partial charge on any atom is -0.319 e. The van der Waals surface area contributed by atoms with Crippen LogP contribution in [-0.4, -0.2) is 31.1 Å². The van der Waals surface area contributed by atoms with Crippen molar-refractivity contribution in [1.29, 1.82) is 0 Å². The zero-order valence-corrected chi connectivity index (χ0v) is 11.1. The lowest BCUT2D eigenvalue weighted by Crippen LogP contribution is -2.19. The Morgan fingerprint density at radius 2 is 1.40 bits per heavy atom. The summed E-state index contributed by atoms with van der Waals surface area (Å²) in [6, 6.07) is 0. The number of rotatable bonds is 5. The van der Waals surface area contributed by atoms with Gasteiger partial charge in [-0.3, -0.25) is 0 Å². The van der Waals surface area contributed by atoms with E-state index in [0.717, 1.165) is 11.3 Å². The van der Waals surface area contributed by atoms with E-state index in [9.17, 15) is 0 Å². The molecule has 15 heavy (non-hydrogen) atoms. The first-order valence-electron chi connectivity index (χ1n) is 6.82. The lowest BCUT2D eigenvalue weighted by molar-refractivity contribution is 0.802. The zero-order valence-electron chi connectivity index (χ0n) is 10.2. The van der Waals surface area contributed by atoms with Gasteiger partial charge in [0.15, 0.2) is 0 Å². The van der Waals surface area contributed by atoms with Gasteiger partial charge in [-0.05, 0) is 56.8 Å². The number of nitrogens with one attached hydrogen (secondary N) is 1. The Morgan fingerprint density at radius 1 is 0.933 bits per heavy atom. The van der Waals surface area contributed by atoms with E-state index in [1.807, 2.05) is 0 Å². The van der Waals surface area contributed by atoms with Crippen LogP contribution in [0.25, 0.3) is 0 Å². The fourth-order valence-electron chi connectivity index (χ4n) is 3.38. The second-order valence-electron chi connectivity index (χ2n) is 5.22. The molecule has 2 aliphatic carbocycles. The van der Waals surface area contributed by atoms with E-state index in [-0.39, 0.29) is 0 Å². The van der Waals surface area contributed by atoms with Crippen LogP contribution in [0.1, 0.15) is 51.4 Å². The van der Waals surface area contributed by atoms with E-state index in [1.54, 1.807) is 25.7 Å². The molecule has 0 aromatic rings. The minimum atomic E-state index is 0.369. The van der Waals surface area contributed by atoms with Gasteiger partial charge in [0.05, 0.1) is 0 Å². The molecule has 0 radical (unpaired) electrons. The summed E-state index contributed by atoms with van der Waals surface area (Å²) in [6.45, 7) is 1.26. The summed E-state index contributed by atoms with van der Waals surface area (Å²) in [5, 5.41) is 3.36. The first kappa shape index (κ1) is 11.9. The molecule has 1 N–H and O–H groups in total. The standard InChI is InChI=1S/C13H26NP/c1-14-10-11-15(12-6-2-3-7-12)13-8-4-5-9-13/h12-14H,2-11H2,1H3. The van der Waals surface area contributed by atoms with E-state index in [2.05, 4.69) is 12.4 Å². The Labute approximate surface area is 96.2 Å². The highest BCUT2D eigenvalue weighted by Crippen LogP contribution is 2.56. The van der Waals surface area contributed by atoms with E-state index in [1.165, 1.54) is 38.4 Å². The maximum atomic E-state index is 3.36. The Bertz CT molecular complexity index is 155. The Morgan fingerprint density at radius 3 is 1.80 bits per heavy atom. The lowest BCUT2D eigenvalue weighted by Gasteiger charge is -2.30. The average molecular weight is 227 g/mol. The van der Waals surface area contributed by atoms with Gasteiger partial charge in [-0.25, -0.2) is 0 Å². The Balaban J connectivity index is 1.88. The van der Waals surface area contributed by atoms with Crippen LogP contribution in [0.4, 0.5) is 0 Å². The minimum absolute atomic E-state index is 0.369. The van der Waals surface area contributed by atoms with Crippen molar-refractivity contribution in [2.75, 3.05) is 19.8 Å². The molecule has 0 spiro atoms. The molecule has 1 nitrogen and oxygen atoms in total. The third-order valence-electron chi connectivity index (χ3n) is 4.21. The van der Waals surface area contributed by atoms with E-state index < -0.39 is 0 Å². The molecular weight excluding hydrogens is 201 g/mol. The number of hydrogen-bond donors (Lipinski definition) is 1. The molecule has 0 saturated heterocycles. The van der Waals surface area contributed by atoms with Crippen molar-refractivity contribution in [2.24, 2.45) is 0 Å². The normalized spacial score (nSPS) is 24.4. The van der Waals surface area contributed by atoms with Crippen molar-refractivity contribution in [3.63, 3.8) is 0 Å². The smallest absolute Gasteiger partial charge is 0.00123 e. The molecule has 2 rings (SSSR count). The molecule has 2 fully saturated rings. The first-order valence-corrected chi connectivity index (χ1v) is 8.48. The molecule has 0 amide bonds. The number of hydrogen-bond acceptors (Lipinski definition) is 1. The molecular formula is C13H26NP. The molecule has 0 atom stereocenters. The zero-order chi connectivity index (χ0) is 10.5. The van der Waals surface area contributed by atoms with E-state index in [4.69, 9.17) is 0 Å². The molecule has 2 heteroatoms. The van der Waals surface area contributed by atoms with Gasteiger partial charge in [0.1, 0.15) is 0 Å². The van der Waals surface area contributed by atoms with Crippen LogP contribution in [0.3, 0.4) is 0 Å². The first-order chi connectivity index (χ1) is 7.42. The van der Waals surface area contributed by atoms with Crippen LogP contribution in [-0.2, 0) is 0 Å². The van der Waals surface area contributed by atoms with Gasteiger partial charge < -0.3 is 5.32 Å². The quantitative estimate of drug-likeness (QED) is 0.708. The summed E-state index contributed by atoms with van der Waals surface area (Å²) in [4.78, 5) is 0. The van der Waals surface area contributed by atoms with Crippen LogP contribution >= 0.6 is 7.92 Å². The summed E-state index contributed by atoms with van der Waals surface area (Å²) >= 11 is 0. The highest BCUT2D eigenvalue weighted by molar-refractivity contribution is 7.59. The van der Waals surface area contributed by atoms with Crippen LogP contribution < -0.4 is 5.32 Å². The molecule has 0 unspecified atom stereocenters.